The maximum Gasteiger partial charge on any atom is 0.194 e. The molecule has 2 heterocycles. The molecule has 138 valence electrons. The Morgan fingerprint density at radius 1 is 1.04 bits per heavy atom. The summed E-state index contributed by atoms with van der Waals surface area (Å²) in [6.45, 7) is 8.99. The minimum absolute atomic E-state index is 0.767. The Bertz CT molecular complexity index is 663. The van der Waals surface area contributed by atoms with Crippen molar-refractivity contribution in [1.29, 1.82) is 0 Å². The van der Waals surface area contributed by atoms with Crippen LogP contribution in [-0.2, 0) is 13.0 Å². The van der Waals surface area contributed by atoms with Crippen LogP contribution in [0.3, 0.4) is 0 Å². The highest BCUT2D eigenvalue weighted by Crippen LogP contribution is 2.08. The Morgan fingerprint density at radius 3 is 2.50 bits per heavy atom. The van der Waals surface area contributed by atoms with Gasteiger partial charge < -0.3 is 10.2 Å². The summed E-state index contributed by atoms with van der Waals surface area (Å²) in [5, 5.41) is 3.44. The van der Waals surface area contributed by atoms with Gasteiger partial charge in [-0.2, -0.15) is 0 Å². The molecule has 0 spiro atoms. The van der Waals surface area contributed by atoms with Gasteiger partial charge in [0.25, 0.3) is 0 Å². The van der Waals surface area contributed by atoms with Gasteiger partial charge >= 0.3 is 0 Å². The molecular weight excluding hydrogens is 322 g/mol. The molecule has 0 aliphatic carbocycles. The van der Waals surface area contributed by atoms with Crippen molar-refractivity contribution in [3.05, 3.63) is 66.0 Å². The summed E-state index contributed by atoms with van der Waals surface area (Å²) in [4.78, 5) is 14.1. The highest BCUT2D eigenvalue weighted by atomic mass is 15.3. The second-order valence-electron chi connectivity index (χ2n) is 6.56. The van der Waals surface area contributed by atoms with Crippen molar-refractivity contribution >= 4 is 5.96 Å². The molecule has 26 heavy (non-hydrogen) atoms. The summed E-state index contributed by atoms with van der Waals surface area (Å²) in [6, 6.07) is 16.8. The van der Waals surface area contributed by atoms with Gasteiger partial charge in [-0.1, -0.05) is 36.4 Å². The van der Waals surface area contributed by atoms with Crippen LogP contribution in [0.4, 0.5) is 0 Å². The van der Waals surface area contributed by atoms with Gasteiger partial charge in [0.15, 0.2) is 5.96 Å². The molecule has 1 fully saturated rings. The number of pyridine rings is 1. The Labute approximate surface area is 156 Å². The summed E-state index contributed by atoms with van der Waals surface area (Å²) in [6.07, 6.45) is 2.72. The van der Waals surface area contributed by atoms with E-state index in [0.717, 1.165) is 63.9 Å². The number of aromatic nitrogens is 1. The maximum atomic E-state index is 4.81. The second kappa shape index (κ2) is 9.92. The van der Waals surface area contributed by atoms with E-state index < -0.39 is 0 Å². The molecule has 1 saturated heterocycles. The number of rotatable bonds is 6. The van der Waals surface area contributed by atoms with Crippen LogP contribution in [-0.4, -0.2) is 60.0 Å². The van der Waals surface area contributed by atoms with E-state index in [2.05, 4.69) is 63.4 Å². The van der Waals surface area contributed by atoms with E-state index >= 15 is 0 Å². The number of nitrogens with one attached hydrogen (secondary N) is 1. The number of piperazine rings is 1. The van der Waals surface area contributed by atoms with Crippen molar-refractivity contribution in [2.75, 3.05) is 39.3 Å². The maximum absolute atomic E-state index is 4.81. The molecule has 1 aromatic carbocycles. The van der Waals surface area contributed by atoms with Crippen LogP contribution in [0.2, 0.25) is 0 Å². The van der Waals surface area contributed by atoms with Crippen molar-refractivity contribution in [3.63, 3.8) is 0 Å². The van der Waals surface area contributed by atoms with Gasteiger partial charge in [0, 0.05) is 64.1 Å². The van der Waals surface area contributed by atoms with Crippen LogP contribution < -0.4 is 5.32 Å². The van der Waals surface area contributed by atoms with Crippen LogP contribution in [0.25, 0.3) is 0 Å². The summed E-state index contributed by atoms with van der Waals surface area (Å²) in [5.41, 5.74) is 2.48. The number of nitrogens with zero attached hydrogens (tertiary/aromatic N) is 4. The zero-order chi connectivity index (χ0) is 18.0. The van der Waals surface area contributed by atoms with Gasteiger partial charge in [-0.05, 0) is 24.6 Å². The number of aliphatic imine (C=N–C) groups is 1. The lowest BCUT2D eigenvalue weighted by Gasteiger charge is -2.36. The lowest BCUT2D eigenvalue weighted by molar-refractivity contribution is 0.172. The van der Waals surface area contributed by atoms with Crippen molar-refractivity contribution in [2.45, 2.75) is 19.9 Å². The minimum atomic E-state index is 0.767. The highest BCUT2D eigenvalue weighted by molar-refractivity contribution is 5.80. The smallest absolute Gasteiger partial charge is 0.194 e. The number of guanidine groups is 1. The van der Waals surface area contributed by atoms with Crippen LogP contribution in [0.15, 0.2) is 59.7 Å². The molecule has 1 aliphatic heterocycles. The summed E-state index contributed by atoms with van der Waals surface area (Å²) in [5.74, 6) is 1.03. The predicted octanol–water partition coefficient (Wildman–Crippen LogP) is 2.41. The molecule has 0 atom stereocenters. The van der Waals surface area contributed by atoms with E-state index in [-0.39, 0.29) is 0 Å². The Balaban J connectivity index is 1.50. The average Bonchev–Trinajstić information content (AvgIpc) is 2.70. The van der Waals surface area contributed by atoms with Crippen molar-refractivity contribution < 1.29 is 0 Å². The SMILES string of the molecule is CCNC(=NCCc1ccccn1)N1CCN(Cc2ccccc2)CC1. The third kappa shape index (κ3) is 5.56. The first-order valence-electron chi connectivity index (χ1n) is 9.54. The molecule has 5 nitrogen and oxygen atoms in total. The first-order valence-corrected chi connectivity index (χ1v) is 9.54. The van der Waals surface area contributed by atoms with Gasteiger partial charge in [-0.3, -0.25) is 14.9 Å². The molecule has 0 unspecified atom stereocenters. The van der Waals surface area contributed by atoms with Crippen LogP contribution in [0, 0.1) is 0 Å². The fourth-order valence-corrected chi connectivity index (χ4v) is 3.21. The van der Waals surface area contributed by atoms with Gasteiger partial charge in [0.1, 0.15) is 0 Å². The summed E-state index contributed by atoms with van der Waals surface area (Å²) >= 11 is 0. The van der Waals surface area contributed by atoms with Gasteiger partial charge in [0.05, 0.1) is 0 Å². The molecule has 1 N–H and O–H groups in total. The lowest BCUT2D eigenvalue weighted by atomic mass is 10.2. The molecule has 0 radical (unpaired) electrons. The number of hydrogen-bond acceptors (Lipinski definition) is 3. The van der Waals surface area contributed by atoms with Crippen molar-refractivity contribution in [1.82, 2.24) is 20.1 Å². The fourth-order valence-electron chi connectivity index (χ4n) is 3.21. The largest absolute Gasteiger partial charge is 0.357 e. The molecule has 3 rings (SSSR count). The molecular formula is C21H29N5. The second-order valence-corrected chi connectivity index (χ2v) is 6.56. The predicted molar refractivity (Wildman–Crippen MR) is 107 cm³/mol. The third-order valence-corrected chi connectivity index (χ3v) is 4.61. The van der Waals surface area contributed by atoms with Crippen molar-refractivity contribution in [3.8, 4) is 0 Å². The minimum Gasteiger partial charge on any atom is -0.357 e. The first kappa shape index (κ1) is 18.4. The number of hydrogen-bond donors (Lipinski definition) is 1. The van der Waals surface area contributed by atoms with Crippen molar-refractivity contribution in [2.24, 2.45) is 4.99 Å². The molecule has 0 saturated carbocycles. The Morgan fingerprint density at radius 2 is 1.81 bits per heavy atom. The summed E-state index contributed by atoms with van der Waals surface area (Å²) in [7, 11) is 0. The normalized spacial score (nSPS) is 15.9. The third-order valence-electron chi connectivity index (χ3n) is 4.61. The lowest BCUT2D eigenvalue weighted by Crippen LogP contribution is -2.52. The van der Waals surface area contributed by atoms with E-state index in [1.165, 1.54) is 5.56 Å². The molecule has 1 aliphatic rings. The molecule has 5 heteroatoms. The quantitative estimate of drug-likeness (QED) is 0.641. The van der Waals surface area contributed by atoms with Crippen LogP contribution in [0.5, 0.6) is 0 Å². The fraction of sp³-hybridized carbons (Fsp3) is 0.429. The summed E-state index contributed by atoms with van der Waals surface area (Å²) < 4.78 is 0. The van der Waals surface area contributed by atoms with E-state index in [1.54, 1.807) is 0 Å². The van der Waals surface area contributed by atoms with E-state index in [4.69, 9.17) is 4.99 Å². The van der Waals surface area contributed by atoms with E-state index in [1.807, 2.05) is 18.3 Å². The van der Waals surface area contributed by atoms with Crippen LogP contribution in [0.1, 0.15) is 18.2 Å². The van der Waals surface area contributed by atoms with Crippen LogP contribution >= 0.6 is 0 Å². The zero-order valence-corrected chi connectivity index (χ0v) is 15.6. The standard InChI is InChI=1S/C21H29N5/c1-2-22-21(24-13-11-20-10-6-7-12-23-20)26-16-14-25(15-17-26)18-19-8-4-3-5-9-19/h3-10,12H,2,11,13-18H2,1H3,(H,22,24). The Hall–Kier alpha value is -2.40. The highest BCUT2D eigenvalue weighted by Gasteiger charge is 2.19. The monoisotopic (exact) mass is 351 g/mol. The topological polar surface area (TPSA) is 43.8 Å². The average molecular weight is 351 g/mol. The van der Waals surface area contributed by atoms with Gasteiger partial charge in [-0.25, -0.2) is 0 Å². The molecule has 1 aromatic heterocycles. The molecule has 0 bridgehead atoms. The first-order chi connectivity index (χ1) is 12.8. The zero-order valence-electron chi connectivity index (χ0n) is 15.6. The Kier molecular flexibility index (Phi) is 7.02. The molecule has 0 amide bonds. The molecule has 2 aromatic rings. The van der Waals surface area contributed by atoms with Gasteiger partial charge in [-0.15, -0.1) is 0 Å². The number of benzene rings is 1. The van der Waals surface area contributed by atoms with Gasteiger partial charge in [0.2, 0.25) is 0 Å². The van der Waals surface area contributed by atoms with E-state index in [9.17, 15) is 0 Å². The van der Waals surface area contributed by atoms with E-state index in [0.29, 0.717) is 0 Å².